The summed E-state index contributed by atoms with van der Waals surface area (Å²) in [7, 11) is 1.45. The zero-order chi connectivity index (χ0) is 14.1. The lowest BCUT2D eigenvalue weighted by molar-refractivity contribution is 0.0973. The van der Waals surface area contributed by atoms with E-state index in [1.807, 2.05) is 4.57 Å². The molecule has 0 aliphatic carbocycles. The number of methoxy groups -OCH3 is 1. The van der Waals surface area contributed by atoms with Crippen LogP contribution in [0.25, 0.3) is 11.0 Å². The minimum absolute atomic E-state index is 0.172. The number of aromatic nitrogens is 2. The number of nitrogens with zero attached hydrogens (tertiary/aromatic N) is 2. The molecule has 1 atom stereocenters. The van der Waals surface area contributed by atoms with E-state index in [4.69, 9.17) is 21.1 Å². The molecule has 0 radical (unpaired) electrons. The van der Waals surface area contributed by atoms with Crippen LogP contribution in [-0.4, -0.2) is 29.4 Å². The van der Waals surface area contributed by atoms with Crippen LogP contribution in [0.1, 0.15) is 18.7 Å². The largest absolute Gasteiger partial charge is 0.494 e. The minimum atomic E-state index is -0.414. The van der Waals surface area contributed by atoms with Crippen molar-refractivity contribution < 1.29 is 13.9 Å². The zero-order valence-electron chi connectivity index (χ0n) is 11.2. The molecular weight excluding hydrogens is 283 g/mol. The van der Waals surface area contributed by atoms with Gasteiger partial charge in [-0.1, -0.05) is 0 Å². The van der Waals surface area contributed by atoms with Crippen LogP contribution in [-0.2, 0) is 17.2 Å². The summed E-state index contributed by atoms with van der Waals surface area (Å²) in [5.41, 5.74) is 1.42. The summed E-state index contributed by atoms with van der Waals surface area (Å²) >= 11 is 5.95. The zero-order valence-corrected chi connectivity index (χ0v) is 12.0. The Kier molecular flexibility index (Phi) is 3.81. The Morgan fingerprint density at radius 3 is 3.05 bits per heavy atom. The quantitative estimate of drug-likeness (QED) is 0.814. The molecule has 1 aliphatic rings. The molecule has 20 heavy (non-hydrogen) atoms. The topological polar surface area (TPSA) is 36.3 Å². The smallest absolute Gasteiger partial charge is 0.167 e. The third-order valence-corrected chi connectivity index (χ3v) is 3.87. The molecule has 1 aliphatic heterocycles. The fourth-order valence-electron chi connectivity index (χ4n) is 2.63. The molecule has 6 heteroatoms. The lowest BCUT2D eigenvalue weighted by atomic mass is 10.2. The first-order valence-electron chi connectivity index (χ1n) is 6.63. The highest BCUT2D eigenvalue weighted by Gasteiger charge is 2.20. The Hall–Kier alpha value is -1.33. The van der Waals surface area contributed by atoms with Gasteiger partial charge in [0.15, 0.2) is 11.6 Å². The molecule has 1 aromatic carbocycles. The molecule has 2 aromatic rings. The average molecular weight is 299 g/mol. The highest BCUT2D eigenvalue weighted by molar-refractivity contribution is 6.16. The first-order valence-corrected chi connectivity index (χ1v) is 7.16. The van der Waals surface area contributed by atoms with Crippen LogP contribution in [0.3, 0.4) is 0 Å². The molecule has 0 bridgehead atoms. The van der Waals surface area contributed by atoms with Gasteiger partial charge in [-0.15, -0.1) is 11.6 Å². The van der Waals surface area contributed by atoms with Gasteiger partial charge < -0.3 is 14.0 Å². The summed E-state index contributed by atoms with van der Waals surface area (Å²) < 4.78 is 26.4. The van der Waals surface area contributed by atoms with Gasteiger partial charge in [-0.05, 0) is 12.8 Å². The Bertz CT molecular complexity index is 623. The molecule has 0 amide bonds. The molecule has 0 N–H and O–H groups in total. The van der Waals surface area contributed by atoms with Gasteiger partial charge >= 0.3 is 0 Å². The standard InChI is InChI=1S/C14H16ClFN2O2/c1-19-13-6-12-11(5-10(13)16)17-14(7-15)18(12)8-9-3-2-4-20-9/h5-6,9H,2-4,7-8H2,1H3. The van der Waals surface area contributed by atoms with Gasteiger partial charge in [0.2, 0.25) is 0 Å². The van der Waals surface area contributed by atoms with Crippen LogP contribution in [0.4, 0.5) is 4.39 Å². The predicted molar refractivity (Wildman–Crippen MR) is 74.8 cm³/mol. The molecule has 108 valence electrons. The predicted octanol–water partition coefficient (Wildman–Crippen LogP) is 3.10. The fraction of sp³-hybridized carbons (Fsp3) is 0.500. The van der Waals surface area contributed by atoms with Gasteiger partial charge in [-0.2, -0.15) is 0 Å². The van der Waals surface area contributed by atoms with E-state index >= 15 is 0 Å². The Labute approximate surface area is 121 Å². The summed E-state index contributed by atoms with van der Waals surface area (Å²) in [6.07, 6.45) is 2.27. The van der Waals surface area contributed by atoms with E-state index in [0.717, 1.165) is 30.8 Å². The number of hydrogen-bond acceptors (Lipinski definition) is 3. The summed E-state index contributed by atoms with van der Waals surface area (Å²) in [5.74, 6) is 0.811. The van der Waals surface area contributed by atoms with Crippen molar-refractivity contribution in [3.8, 4) is 5.75 Å². The second-order valence-corrected chi connectivity index (χ2v) is 5.15. The number of halogens is 2. The molecule has 1 aromatic heterocycles. The van der Waals surface area contributed by atoms with Crippen molar-refractivity contribution in [3.63, 3.8) is 0 Å². The molecular formula is C14H16ClFN2O2. The number of alkyl halides is 1. The van der Waals surface area contributed by atoms with Crippen LogP contribution in [0.5, 0.6) is 5.75 Å². The van der Waals surface area contributed by atoms with E-state index in [1.165, 1.54) is 13.2 Å². The van der Waals surface area contributed by atoms with Gasteiger partial charge in [0.1, 0.15) is 5.82 Å². The number of ether oxygens (including phenoxy) is 2. The maximum Gasteiger partial charge on any atom is 0.167 e. The summed E-state index contributed by atoms with van der Waals surface area (Å²) in [6.45, 7) is 1.48. The molecule has 1 saturated heterocycles. The number of hydrogen-bond donors (Lipinski definition) is 0. The molecule has 2 heterocycles. The van der Waals surface area contributed by atoms with E-state index in [-0.39, 0.29) is 17.7 Å². The van der Waals surface area contributed by atoms with Crippen molar-refractivity contribution in [2.45, 2.75) is 31.4 Å². The highest BCUT2D eigenvalue weighted by atomic mass is 35.5. The maximum atomic E-state index is 13.7. The Balaban J connectivity index is 2.06. The van der Waals surface area contributed by atoms with Gasteiger partial charge in [0.25, 0.3) is 0 Å². The van der Waals surface area contributed by atoms with Crippen molar-refractivity contribution >= 4 is 22.6 Å². The second-order valence-electron chi connectivity index (χ2n) is 4.88. The van der Waals surface area contributed by atoms with Crippen LogP contribution >= 0.6 is 11.6 Å². The van der Waals surface area contributed by atoms with Crippen LogP contribution < -0.4 is 4.74 Å². The average Bonchev–Trinajstić information content (AvgIpc) is 3.06. The lowest BCUT2D eigenvalue weighted by Crippen LogP contribution is -2.16. The van der Waals surface area contributed by atoms with Gasteiger partial charge in [0, 0.05) is 18.7 Å². The van der Waals surface area contributed by atoms with Crippen molar-refractivity contribution in [2.75, 3.05) is 13.7 Å². The number of rotatable bonds is 4. The van der Waals surface area contributed by atoms with E-state index in [1.54, 1.807) is 6.07 Å². The van der Waals surface area contributed by atoms with E-state index in [9.17, 15) is 4.39 Å². The SMILES string of the molecule is COc1cc2c(cc1F)nc(CCl)n2CC1CCCO1. The number of fused-ring (bicyclic) bond motifs is 1. The molecule has 4 nitrogen and oxygen atoms in total. The van der Waals surface area contributed by atoms with E-state index < -0.39 is 5.82 Å². The van der Waals surface area contributed by atoms with Crippen LogP contribution in [0.2, 0.25) is 0 Å². The van der Waals surface area contributed by atoms with E-state index in [0.29, 0.717) is 12.1 Å². The molecule has 3 rings (SSSR count). The van der Waals surface area contributed by atoms with Crippen LogP contribution in [0.15, 0.2) is 12.1 Å². The number of imidazole rings is 1. The van der Waals surface area contributed by atoms with Gasteiger partial charge in [-0.25, -0.2) is 9.37 Å². The third kappa shape index (κ3) is 2.36. The first kappa shape index (κ1) is 13.6. The molecule has 1 fully saturated rings. The number of benzene rings is 1. The Morgan fingerprint density at radius 1 is 1.55 bits per heavy atom. The monoisotopic (exact) mass is 298 g/mol. The normalized spacial score (nSPS) is 18.9. The summed E-state index contributed by atoms with van der Waals surface area (Å²) in [5, 5.41) is 0. The van der Waals surface area contributed by atoms with Crippen molar-refractivity contribution in [1.82, 2.24) is 9.55 Å². The first-order chi connectivity index (χ1) is 9.72. The highest BCUT2D eigenvalue weighted by Crippen LogP contribution is 2.27. The van der Waals surface area contributed by atoms with Crippen molar-refractivity contribution in [3.05, 3.63) is 23.8 Å². The summed E-state index contributed by atoms with van der Waals surface area (Å²) in [6, 6.07) is 3.05. The molecule has 0 saturated carbocycles. The van der Waals surface area contributed by atoms with Crippen molar-refractivity contribution in [1.29, 1.82) is 0 Å². The summed E-state index contributed by atoms with van der Waals surface area (Å²) in [4.78, 5) is 4.39. The van der Waals surface area contributed by atoms with Gasteiger partial charge in [0.05, 0.1) is 36.7 Å². The third-order valence-electron chi connectivity index (χ3n) is 3.63. The molecule has 1 unspecified atom stereocenters. The van der Waals surface area contributed by atoms with Gasteiger partial charge in [-0.3, -0.25) is 0 Å². The minimum Gasteiger partial charge on any atom is -0.494 e. The molecule has 0 spiro atoms. The van der Waals surface area contributed by atoms with E-state index in [2.05, 4.69) is 4.98 Å². The lowest BCUT2D eigenvalue weighted by Gasteiger charge is -2.13. The van der Waals surface area contributed by atoms with Crippen molar-refractivity contribution in [2.24, 2.45) is 0 Å². The Morgan fingerprint density at radius 2 is 2.40 bits per heavy atom. The maximum absolute atomic E-state index is 13.7. The fourth-order valence-corrected chi connectivity index (χ4v) is 2.83. The van der Waals surface area contributed by atoms with Crippen LogP contribution in [0, 0.1) is 5.82 Å². The second kappa shape index (κ2) is 5.58.